The number of aliphatic carboxylic acids is 6. The van der Waals surface area contributed by atoms with Gasteiger partial charge in [0.15, 0.2) is 0 Å². The molecule has 0 fully saturated rings. The normalized spacial score (nSPS) is 14.1. The zero-order chi connectivity index (χ0) is 64.7. The van der Waals surface area contributed by atoms with Gasteiger partial charge in [-0.2, -0.15) is 0 Å². The van der Waals surface area contributed by atoms with Crippen molar-refractivity contribution in [2.75, 3.05) is 26.4 Å². The molecule has 2 rings (SSSR count). The molecule has 40 nitrogen and oxygen atoms in total. The molecule has 0 saturated heterocycles. The van der Waals surface area contributed by atoms with E-state index in [4.69, 9.17) is 102 Å². The number of carbonyl (C=O) groups is 8. The van der Waals surface area contributed by atoms with E-state index in [-0.39, 0.29) is 293 Å². The molecule has 0 saturated carbocycles. The van der Waals surface area contributed by atoms with Crippen molar-refractivity contribution >= 4 is 82.5 Å². The Morgan fingerprint density at radius 2 is 0.467 bits per heavy atom. The summed E-state index contributed by atoms with van der Waals surface area (Å²) in [7, 11) is 0. The maximum Gasteiger partial charge on any atom is 3.00 e. The summed E-state index contributed by atoms with van der Waals surface area (Å²) in [5, 5.41) is 280. The van der Waals surface area contributed by atoms with Crippen LogP contribution in [-0.4, -0.2) is 299 Å². The number of hydrogen-bond donors (Lipinski definition) is 16. The van der Waals surface area contributed by atoms with E-state index in [2.05, 4.69) is 0 Å². The van der Waals surface area contributed by atoms with Crippen LogP contribution in [0.5, 0.6) is 11.5 Å². The Balaban J connectivity index is -0.0000000425. The van der Waals surface area contributed by atoms with Gasteiger partial charge in [-0.25, -0.2) is 0 Å². The van der Waals surface area contributed by atoms with Gasteiger partial charge in [0.05, 0.1) is 111 Å². The molecule has 0 heterocycles. The number of aromatic carboxylic acids is 2. The summed E-state index contributed by atoms with van der Waals surface area (Å²) in [5.74, 6) is -14.2. The molecular weight excluding hydrogens is 1380 g/mol. The number of aliphatic hydroxyl groups is 16. The minimum Gasteiger partial charge on any atom is -0.872 e. The SMILES string of the molecule is CC(=O)[O-].CC(=O)[O-].O.O.O=C([O-])[C@H](O)[C@@H]([O-])[C@H](O)[C@H](O)CO.O=C([O-])[C@H](O)[C@@H]([O-])[C@H](O)[C@H](O)CO.O=C([O-])[C@H](O)[C@@H]([O-])[C@H](O)[C@H](O)CO.O=C([O-])[C@H](O)[C@@H]([O-])[C@H](O)[C@H](O)CO.O=C([O-])c1ccccc1[O-].O=C([O-])c1ccccc1[O-].[Al+3].[Al+3].[Na+].[Na+].[Na+].[Na+].[Na+].[Na+].[Na+].[Na+]. The van der Waals surface area contributed by atoms with E-state index >= 15 is 0 Å². The van der Waals surface area contributed by atoms with Crippen molar-refractivity contribution < 1.29 is 439 Å². The second-order valence-electron chi connectivity index (χ2n) is 14.4. The van der Waals surface area contributed by atoms with Gasteiger partial charge >= 0.3 is 271 Å². The van der Waals surface area contributed by atoms with Crippen molar-refractivity contribution in [2.45, 2.75) is 112 Å². The predicted molar refractivity (Wildman–Crippen MR) is 236 cm³/mol. The maximum absolute atomic E-state index is 10.8. The van der Waals surface area contributed by atoms with Crippen molar-refractivity contribution in [1.29, 1.82) is 0 Å². The molecule has 92 heavy (non-hydrogen) atoms. The van der Waals surface area contributed by atoms with E-state index < -0.39 is 183 Å². The first-order chi connectivity index (χ1) is 36.5. The zero-order valence-corrected chi connectivity index (χ0v) is 69.3. The first-order valence-electron chi connectivity index (χ1n) is 20.9. The number of benzene rings is 2. The molecule has 20 N–H and O–H groups in total. The molecule has 2 aromatic carbocycles. The summed E-state index contributed by atoms with van der Waals surface area (Å²) < 4.78 is 0. The van der Waals surface area contributed by atoms with Crippen LogP contribution in [0, 0.1) is 0 Å². The van der Waals surface area contributed by atoms with Crippen LogP contribution in [0.2, 0.25) is 0 Å². The van der Waals surface area contributed by atoms with Crippen LogP contribution in [0.1, 0.15) is 34.6 Å². The molecule has 0 radical (unpaired) electrons. The molecule has 0 aliphatic heterocycles. The summed E-state index contributed by atoms with van der Waals surface area (Å²) in [4.78, 5) is 77.8. The summed E-state index contributed by atoms with van der Waals surface area (Å²) >= 11 is 0. The number of aliphatic hydroxyl groups excluding tert-OH is 16. The van der Waals surface area contributed by atoms with Crippen LogP contribution in [0.15, 0.2) is 48.5 Å². The third-order valence-electron chi connectivity index (χ3n) is 8.10. The number of carbonyl (C=O) groups excluding carboxylic acids is 8. The number of para-hydroxylation sites is 2. The first-order valence-corrected chi connectivity index (χ1v) is 20.9. The molecule has 0 aromatic heterocycles. The quantitative estimate of drug-likeness (QED) is 0.0487. The molecule has 0 amide bonds. The third kappa shape index (κ3) is 70.4. The van der Waals surface area contributed by atoms with Crippen molar-refractivity contribution in [2.24, 2.45) is 0 Å². The van der Waals surface area contributed by atoms with Crippen LogP contribution in [-0.2, 0) is 28.8 Å². The van der Waals surface area contributed by atoms with Crippen LogP contribution in [0.4, 0.5) is 0 Å². The molecule has 0 unspecified atom stereocenters. The average Bonchev–Trinajstić information content (AvgIpc) is 3.39. The molecule has 480 valence electrons. The van der Waals surface area contributed by atoms with Gasteiger partial charge in [0, 0.05) is 11.9 Å². The van der Waals surface area contributed by atoms with Gasteiger partial charge in [0.1, 0.15) is 24.4 Å². The minimum atomic E-state index is -2.42. The van der Waals surface area contributed by atoms with Gasteiger partial charge in [0.2, 0.25) is 0 Å². The van der Waals surface area contributed by atoms with Crippen LogP contribution >= 0.6 is 0 Å². The molecular formula is C42H58Al2Na8O40. The van der Waals surface area contributed by atoms with Gasteiger partial charge in [-0.15, -0.1) is 0 Å². The summed E-state index contributed by atoms with van der Waals surface area (Å²) in [6, 6.07) is 10.7. The molecule has 2 aromatic rings. The van der Waals surface area contributed by atoms with Crippen molar-refractivity contribution in [3.63, 3.8) is 0 Å². The predicted octanol–water partition coefficient (Wildman–Crippen LogP) is -52.5. The summed E-state index contributed by atoms with van der Waals surface area (Å²) in [6.45, 7) is -1.67. The second-order valence-corrected chi connectivity index (χ2v) is 14.4. The van der Waals surface area contributed by atoms with E-state index in [1.807, 2.05) is 0 Å². The van der Waals surface area contributed by atoms with Gasteiger partial charge < -0.3 is 203 Å². The molecule has 0 aliphatic rings. The molecule has 50 heteroatoms. The van der Waals surface area contributed by atoms with Crippen LogP contribution in [0.3, 0.4) is 0 Å². The van der Waals surface area contributed by atoms with Gasteiger partial charge in [-0.1, -0.05) is 84.4 Å². The average molecular weight is 1440 g/mol. The second kappa shape index (κ2) is 81.9. The fourth-order valence-corrected chi connectivity index (χ4v) is 3.86. The number of carboxylic acids is 8. The van der Waals surface area contributed by atoms with Gasteiger partial charge in [-0.05, 0) is 25.0 Å². The van der Waals surface area contributed by atoms with Crippen LogP contribution < -0.4 is 308 Å². The number of rotatable bonds is 22. The Labute approximate surface area is 720 Å². The zero-order valence-electron chi connectivity index (χ0n) is 51.0. The molecule has 0 aliphatic carbocycles. The van der Waals surface area contributed by atoms with Gasteiger partial charge in [-0.3, -0.25) is 0 Å². The van der Waals surface area contributed by atoms with Crippen molar-refractivity contribution in [3.8, 4) is 11.5 Å². The largest absolute Gasteiger partial charge is 3.00 e. The minimum absolute atomic E-state index is 0. The van der Waals surface area contributed by atoms with E-state index in [1.54, 1.807) is 0 Å². The Morgan fingerprint density at radius 1 is 0.337 bits per heavy atom. The van der Waals surface area contributed by atoms with E-state index in [1.165, 1.54) is 48.5 Å². The standard InChI is InChI=1S/2C7H6O3.4C6H11O7.2C2H4O2.2Al.8Na.2H2O/c2*8-6-4-2-1-3-5(6)7(9)10;4*7-1-2(8)3(9)4(10)5(11)6(12)13;2*1-2(3)4;;;;;;;;;;;;/h2*1-4,8H,(H,9,10);4*2-5,7-9,11H,1H2,(H,12,13);2*1H3,(H,3,4);;;;;;;;;;;2*1H2/q;;4*-1;;;2*+3;8*+1;;/p-10/t;;4*2-,3-,4+,5-;;;;;;;;;;;;;;/m..1111............../s1. The van der Waals surface area contributed by atoms with Crippen molar-refractivity contribution in [3.05, 3.63) is 59.7 Å². The fourth-order valence-electron chi connectivity index (χ4n) is 3.86. The first kappa shape index (κ1) is 141. The molecule has 16 atom stereocenters. The maximum atomic E-state index is 10.8. The fraction of sp³-hybridized carbons (Fsp3) is 0.524. The number of hydrogen-bond acceptors (Lipinski definition) is 38. The summed E-state index contributed by atoms with van der Waals surface area (Å²) in [5.41, 5.74) is -0.579. The van der Waals surface area contributed by atoms with E-state index in [0.29, 0.717) is 0 Å². The Bertz CT molecular complexity index is 1900. The van der Waals surface area contributed by atoms with Crippen LogP contribution in [0.25, 0.3) is 0 Å². The summed E-state index contributed by atoms with van der Waals surface area (Å²) in [6.07, 6.45) is -34.5. The Morgan fingerprint density at radius 3 is 0.554 bits per heavy atom. The Kier molecular flexibility index (Phi) is 125. The third-order valence-corrected chi connectivity index (χ3v) is 8.10. The topological polar surface area (TPSA) is 846 Å². The van der Waals surface area contributed by atoms with Crippen molar-refractivity contribution in [1.82, 2.24) is 0 Å². The van der Waals surface area contributed by atoms with Gasteiger partial charge in [0.25, 0.3) is 0 Å². The smallest absolute Gasteiger partial charge is 0.872 e. The van der Waals surface area contributed by atoms with E-state index in [9.17, 15) is 90.0 Å². The Hall–Kier alpha value is 1.98. The molecule has 0 bridgehead atoms. The molecule has 0 spiro atoms. The monoisotopic (exact) mass is 1440 g/mol. The number of carboxylic acid groups (broad SMARTS) is 8. The van der Waals surface area contributed by atoms with E-state index in [0.717, 1.165) is 13.8 Å².